The summed E-state index contributed by atoms with van der Waals surface area (Å²) in [4.78, 5) is 16.4. The van der Waals surface area contributed by atoms with Crippen LogP contribution in [0.1, 0.15) is 5.56 Å². The molecule has 11 heteroatoms. The quantitative estimate of drug-likeness (QED) is 0.198. The number of nitrogens with zero attached hydrogens (tertiary/aromatic N) is 5. The Morgan fingerprint density at radius 2 is 1.78 bits per heavy atom. The summed E-state index contributed by atoms with van der Waals surface area (Å²) < 4.78 is 18.3. The summed E-state index contributed by atoms with van der Waals surface area (Å²) in [5.74, 6) is 1.83. The molecule has 0 aliphatic heterocycles. The van der Waals surface area contributed by atoms with E-state index < -0.39 is 0 Å². The predicted molar refractivity (Wildman–Crippen MR) is 137 cm³/mol. The van der Waals surface area contributed by atoms with Gasteiger partial charge in [0.2, 0.25) is 5.75 Å². The molecule has 2 aromatic heterocycles. The Balaban J connectivity index is 1.61. The van der Waals surface area contributed by atoms with Gasteiger partial charge in [0.25, 0.3) is 5.91 Å². The number of carbonyl (C=O) groups is 1. The number of amides is 1. The van der Waals surface area contributed by atoms with Crippen LogP contribution in [0.5, 0.6) is 17.2 Å². The SMILES string of the molecule is COc1cc(-c2nnc(SCC(=O)N/N=C\c3cccnc3)n2-c2ccccc2)cc(OC)c1OC. The molecule has 4 aromatic rings. The summed E-state index contributed by atoms with van der Waals surface area (Å²) in [7, 11) is 4.66. The molecule has 2 aromatic carbocycles. The van der Waals surface area contributed by atoms with Gasteiger partial charge in [-0.25, -0.2) is 5.43 Å². The van der Waals surface area contributed by atoms with Gasteiger partial charge in [-0.1, -0.05) is 36.0 Å². The Kier molecular flexibility index (Phi) is 8.14. The maximum Gasteiger partial charge on any atom is 0.250 e. The van der Waals surface area contributed by atoms with Crippen LogP contribution in [0.15, 0.2) is 77.2 Å². The number of ether oxygens (including phenoxy) is 3. The zero-order valence-corrected chi connectivity index (χ0v) is 20.7. The predicted octanol–water partition coefficient (Wildman–Crippen LogP) is 3.60. The molecule has 4 rings (SSSR count). The van der Waals surface area contributed by atoms with E-state index in [0.717, 1.165) is 11.3 Å². The maximum absolute atomic E-state index is 12.4. The summed E-state index contributed by atoms with van der Waals surface area (Å²) in [5.41, 5.74) is 4.84. The molecule has 0 aliphatic carbocycles. The molecule has 2 heterocycles. The Labute approximate surface area is 212 Å². The van der Waals surface area contributed by atoms with Crippen molar-refractivity contribution in [3.8, 4) is 34.3 Å². The standard InChI is InChI=1S/C25H24N6O4S/c1-33-20-12-18(13-21(34-2)23(20)35-3)24-29-30-25(31(24)19-9-5-4-6-10-19)36-16-22(32)28-27-15-17-8-7-11-26-14-17/h4-15H,16H2,1-3H3,(H,28,32)/b27-15-. The summed E-state index contributed by atoms with van der Waals surface area (Å²) in [6.07, 6.45) is 4.85. The first-order chi connectivity index (χ1) is 17.6. The molecule has 1 N–H and O–H groups in total. The van der Waals surface area contributed by atoms with Gasteiger partial charge < -0.3 is 14.2 Å². The van der Waals surface area contributed by atoms with Crippen LogP contribution < -0.4 is 19.6 Å². The second-order valence-electron chi connectivity index (χ2n) is 7.26. The third-order valence-electron chi connectivity index (χ3n) is 4.99. The first-order valence-electron chi connectivity index (χ1n) is 10.8. The van der Waals surface area contributed by atoms with Crippen molar-refractivity contribution in [1.29, 1.82) is 0 Å². The molecular formula is C25H24N6O4S. The molecule has 0 aliphatic rings. The third kappa shape index (κ3) is 5.63. The van der Waals surface area contributed by atoms with Crippen molar-refractivity contribution in [2.75, 3.05) is 27.1 Å². The zero-order chi connectivity index (χ0) is 25.3. The van der Waals surface area contributed by atoms with Crippen LogP contribution in [0.4, 0.5) is 0 Å². The third-order valence-corrected chi connectivity index (χ3v) is 5.92. The van der Waals surface area contributed by atoms with Crippen molar-refractivity contribution in [3.05, 3.63) is 72.6 Å². The van der Waals surface area contributed by atoms with Crippen LogP contribution in [-0.2, 0) is 4.79 Å². The number of nitrogens with one attached hydrogen (secondary N) is 1. The number of aromatic nitrogens is 4. The fourth-order valence-corrected chi connectivity index (χ4v) is 4.11. The van der Waals surface area contributed by atoms with E-state index in [1.807, 2.05) is 41.0 Å². The first-order valence-corrected chi connectivity index (χ1v) is 11.8. The van der Waals surface area contributed by atoms with Gasteiger partial charge in [-0.15, -0.1) is 10.2 Å². The van der Waals surface area contributed by atoms with E-state index in [2.05, 4.69) is 25.7 Å². The smallest absolute Gasteiger partial charge is 0.250 e. The molecule has 0 spiro atoms. The molecule has 0 unspecified atom stereocenters. The van der Waals surface area contributed by atoms with Crippen LogP contribution in [0, 0.1) is 0 Å². The number of methoxy groups -OCH3 is 3. The van der Waals surface area contributed by atoms with Crippen LogP contribution in [0.25, 0.3) is 17.1 Å². The molecule has 0 saturated carbocycles. The molecule has 1 amide bonds. The van der Waals surface area contributed by atoms with Crippen molar-refractivity contribution < 1.29 is 19.0 Å². The first kappa shape index (κ1) is 24.7. The molecule has 0 saturated heterocycles. The number of benzene rings is 2. The van der Waals surface area contributed by atoms with Gasteiger partial charge in [0.15, 0.2) is 22.5 Å². The Morgan fingerprint density at radius 1 is 1.03 bits per heavy atom. The molecule has 0 fully saturated rings. The van der Waals surface area contributed by atoms with E-state index in [-0.39, 0.29) is 11.7 Å². The number of thioether (sulfide) groups is 1. The summed E-state index contributed by atoms with van der Waals surface area (Å²) in [6.45, 7) is 0. The summed E-state index contributed by atoms with van der Waals surface area (Å²) in [6, 6.07) is 16.9. The van der Waals surface area contributed by atoms with Gasteiger partial charge >= 0.3 is 0 Å². The topological polar surface area (TPSA) is 113 Å². The largest absolute Gasteiger partial charge is 0.493 e. The monoisotopic (exact) mass is 504 g/mol. The summed E-state index contributed by atoms with van der Waals surface area (Å²) >= 11 is 1.24. The number of hydrogen-bond donors (Lipinski definition) is 1. The van der Waals surface area contributed by atoms with E-state index in [4.69, 9.17) is 14.2 Å². The molecule has 10 nitrogen and oxygen atoms in total. The molecule has 0 atom stereocenters. The average Bonchev–Trinajstić information content (AvgIpc) is 3.36. The zero-order valence-electron chi connectivity index (χ0n) is 19.9. The molecular weight excluding hydrogens is 480 g/mol. The van der Waals surface area contributed by atoms with Crippen molar-refractivity contribution in [1.82, 2.24) is 25.2 Å². The minimum Gasteiger partial charge on any atom is -0.493 e. The van der Waals surface area contributed by atoms with Crippen LogP contribution in [0.3, 0.4) is 0 Å². The van der Waals surface area contributed by atoms with Gasteiger partial charge in [-0.3, -0.25) is 14.3 Å². The van der Waals surface area contributed by atoms with E-state index in [1.165, 1.54) is 18.0 Å². The molecule has 36 heavy (non-hydrogen) atoms. The number of carbonyl (C=O) groups excluding carboxylic acids is 1. The highest BCUT2D eigenvalue weighted by molar-refractivity contribution is 7.99. The Bertz CT molecular complexity index is 1320. The molecule has 0 bridgehead atoms. The Hall–Kier alpha value is -4.38. The number of hydrogen-bond acceptors (Lipinski definition) is 9. The fraction of sp³-hybridized carbons (Fsp3) is 0.160. The normalized spacial score (nSPS) is 10.9. The number of rotatable bonds is 10. The van der Waals surface area contributed by atoms with Gasteiger partial charge in [0.05, 0.1) is 33.3 Å². The van der Waals surface area contributed by atoms with Gasteiger partial charge in [0, 0.05) is 29.2 Å². The van der Waals surface area contributed by atoms with E-state index in [0.29, 0.717) is 33.8 Å². The van der Waals surface area contributed by atoms with Crippen molar-refractivity contribution >= 4 is 23.9 Å². The lowest BCUT2D eigenvalue weighted by molar-refractivity contribution is -0.118. The molecule has 184 valence electrons. The lowest BCUT2D eigenvalue weighted by atomic mass is 10.1. The van der Waals surface area contributed by atoms with E-state index in [9.17, 15) is 4.79 Å². The minimum atomic E-state index is -0.280. The minimum absolute atomic E-state index is 0.0879. The van der Waals surface area contributed by atoms with E-state index >= 15 is 0 Å². The average molecular weight is 505 g/mol. The van der Waals surface area contributed by atoms with E-state index in [1.54, 1.807) is 51.9 Å². The number of pyridine rings is 1. The van der Waals surface area contributed by atoms with Gasteiger partial charge in [-0.2, -0.15) is 5.10 Å². The summed E-state index contributed by atoms with van der Waals surface area (Å²) in [5, 5.41) is 13.3. The number of hydrazone groups is 1. The second-order valence-corrected chi connectivity index (χ2v) is 8.20. The van der Waals surface area contributed by atoms with Crippen LogP contribution >= 0.6 is 11.8 Å². The highest BCUT2D eigenvalue weighted by atomic mass is 32.2. The lowest BCUT2D eigenvalue weighted by Gasteiger charge is -2.15. The maximum atomic E-state index is 12.4. The van der Waals surface area contributed by atoms with Crippen molar-refractivity contribution in [2.45, 2.75) is 5.16 Å². The number of para-hydroxylation sites is 1. The fourth-order valence-electron chi connectivity index (χ4n) is 3.36. The molecule has 0 radical (unpaired) electrons. The van der Waals surface area contributed by atoms with Crippen molar-refractivity contribution in [2.24, 2.45) is 5.10 Å². The van der Waals surface area contributed by atoms with Crippen molar-refractivity contribution in [3.63, 3.8) is 0 Å². The van der Waals surface area contributed by atoms with Gasteiger partial charge in [-0.05, 0) is 30.3 Å². The Morgan fingerprint density at radius 3 is 2.42 bits per heavy atom. The van der Waals surface area contributed by atoms with Gasteiger partial charge in [0.1, 0.15) is 0 Å². The highest BCUT2D eigenvalue weighted by Gasteiger charge is 2.21. The lowest BCUT2D eigenvalue weighted by Crippen LogP contribution is -2.20. The van der Waals surface area contributed by atoms with Crippen LogP contribution in [0.2, 0.25) is 0 Å². The highest BCUT2D eigenvalue weighted by Crippen LogP contribution is 2.41. The second kappa shape index (κ2) is 11.8. The van der Waals surface area contributed by atoms with Crippen LogP contribution in [-0.4, -0.2) is 59.0 Å².